The zero-order valence-corrected chi connectivity index (χ0v) is 16.9. The molecular weight excluding hydrogens is 342 g/mol. The average molecular weight is 368 g/mol. The molecule has 0 amide bonds. The van der Waals surface area contributed by atoms with Gasteiger partial charge in [-0.1, -0.05) is 56.3 Å². The molecule has 0 saturated heterocycles. The summed E-state index contributed by atoms with van der Waals surface area (Å²) in [5.41, 5.74) is 5.40. The lowest BCUT2D eigenvalue weighted by molar-refractivity contribution is 0.102. The number of Topliss-reactive ketones (excluding diaryl/α,β-unsaturated/α-hetero) is 1. The van der Waals surface area contributed by atoms with Gasteiger partial charge in [0, 0.05) is 16.9 Å². The number of ketones is 1. The van der Waals surface area contributed by atoms with Gasteiger partial charge < -0.3 is 0 Å². The topological polar surface area (TPSA) is 55.7 Å². The third-order valence-electron chi connectivity index (χ3n) is 6.79. The Bertz CT molecular complexity index is 908. The summed E-state index contributed by atoms with van der Waals surface area (Å²) in [7, 11) is 0. The zero-order valence-electron chi connectivity index (χ0n) is 16.1. The second kappa shape index (κ2) is 5.88. The number of aromatic nitrogens is 3. The molecule has 0 unspecified atom stereocenters. The number of nitrogens with zero attached hydrogens (tertiary/aromatic N) is 3. The number of aryl methyl sites for hydroxylation is 2. The summed E-state index contributed by atoms with van der Waals surface area (Å²) in [6.45, 7) is 11.0. The van der Waals surface area contributed by atoms with Crippen molar-refractivity contribution >= 4 is 17.5 Å². The molecule has 2 aliphatic rings. The van der Waals surface area contributed by atoms with Crippen molar-refractivity contribution in [3.8, 4) is 0 Å². The minimum atomic E-state index is 0.0653. The highest BCUT2D eigenvalue weighted by atomic mass is 32.2. The van der Waals surface area contributed by atoms with E-state index in [1.165, 1.54) is 23.7 Å². The molecule has 4 nitrogen and oxygen atoms in total. The van der Waals surface area contributed by atoms with Crippen molar-refractivity contribution in [1.29, 1.82) is 0 Å². The van der Waals surface area contributed by atoms with Gasteiger partial charge in [-0.15, -0.1) is 5.10 Å². The molecule has 26 heavy (non-hydrogen) atoms. The molecule has 0 aliphatic heterocycles. The normalized spacial score (nSPS) is 25.3. The van der Waals surface area contributed by atoms with Gasteiger partial charge in [0.2, 0.25) is 5.16 Å². The van der Waals surface area contributed by atoms with Gasteiger partial charge in [0.25, 0.3) is 0 Å². The van der Waals surface area contributed by atoms with E-state index in [-0.39, 0.29) is 16.6 Å². The number of thioether (sulfide) groups is 1. The van der Waals surface area contributed by atoms with Crippen LogP contribution in [0.3, 0.4) is 0 Å². The largest absolute Gasteiger partial charge is 0.293 e. The van der Waals surface area contributed by atoms with Crippen LogP contribution in [0.1, 0.15) is 72.4 Å². The summed E-state index contributed by atoms with van der Waals surface area (Å²) in [5.74, 6) is 0.913. The third kappa shape index (κ3) is 2.43. The van der Waals surface area contributed by atoms with E-state index in [9.17, 15) is 4.79 Å². The molecule has 1 aromatic carbocycles. The fourth-order valence-corrected chi connectivity index (χ4v) is 5.43. The summed E-state index contributed by atoms with van der Waals surface area (Å²) in [4.78, 5) is 17.4. The maximum atomic E-state index is 12.6. The third-order valence-corrected chi connectivity index (χ3v) is 7.62. The second-order valence-electron chi connectivity index (χ2n) is 8.50. The molecule has 2 bridgehead atoms. The van der Waals surface area contributed by atoms with E-state index in [0.29, 0.717) is 16.8 Å². The molecular formula is C21H25N3OS. The lowest BCUT2D eigenvalue weighted by Gasteiger charge is -2.33. The van der Waals surface area contributed by atoms with Crippen molar-refractivity contribution in [1.82, 2.24) is 15.2 Å². The Morgan fingerprint density at radius 2 is 2.00 bits per heavy atom. The first-order valence-electron chi connectivity index (χ1n) is 9.22. The fraction of sp³-hybridized carbons (Fsp3) is 0.524. The Balaban J connectivity index is 1.54. The van der Waals surface area contributed by atoms with E-state index in [4.69, 9.17) is 4.98 Å². The second-order valence-corrected chi connectivity index (χ2v) is 9.45. The molecule has 2 atom stereocenters. The number of fused-ring (bicyclic) bond motifs is 5. The number of carbonyl (C=O) groups is 1. The van der Waals surface area contributed by atoms with E-state index in [0.717, 1.165) is 28.9 Å². The summed E-state index contributed by atoms with van der Waals surface area (Å²) < 4.78 is 0. The maximum Gasteiger partial charge on any atom is 0.209 e. The first kappa shape index (κ1) is 17.7. The number of benzene rings is 1. The summed E-state index contributed by atoms with van der Waals surface area (Å²) in [6.07, 6.45) is 2.33. The van der Waals surface area contributed by atoms with Crippen LogP contribution in [0.25, 0.3) is 0 Å². The Hall–Kier alpha value is -1.75. The van der Waals surface area contributed by atoms with Gasteiger partial charge in [0.15, 0.2) is 5.78 Å². The highest BCUT2D eigenvalue weighted by Gasteiger charge is 2.61. The molecule has 1 aromatic heterocycles. The van der Waals surface area contributed by atoms with Gasteiger partial charge in [0.1, 0.15) is 0 Å². The Kier molecular flexibility index (Phi) is 3.99. The van der Waals surface area contributed by atoms with E-state index in [2.05, 4.69) is 31.0 Å². The summed E-state index contributed by atoms with van der Waals surface area (Å²) >= 11 is 1.39. The molecule has 0 spiro atoms. The van der Waals surface area contributed by atoms with Crippen LogP contribution in [0, 0.1) is 19.3 Å². The van der Waals surface area contributed by atoms with Crippen LogP contribution >= 0.6 is 11.8 Å². The molecule has 0 radical (unpaired) electrons. The SMILES string of the molecule is Cc1ccc(C(=O)CSc2nnc3c(n2)[C@@]2(C)CC[C@H]3C2(C)C)c(C)c1. The van der Waals surface area contributed by atoms with Gasteiger partial charge >= 0.3 is 0 Å². The molecule has 4 rings (SSSR count). The summed E-state index contributed by atoms with van der Waals surface area (Å²) in [6, 6.07) is 5.95. The first-order valence-corrected chi connectivity index (χ1v) is 10.2. The van der Waals surface area contributed by atoms with Crippen molar-refractivity contribution in [2.75, 3.05) is 5.75 Å². The molecule has 1 fully saturated rings. The van der Waals surface area contributed by atoms with Crippen molar-refractivity contribution in [2.24, 2.45) is 5.41 Å². The number of hydrogen-bond donors (Lipinski definition) is 0. The van der Waals surface area contributed by atoms with Crippen molar-refractivity contribution in [3.05, 3.63) is 46.3 Å². The predicted octanol–water partition coefficient (Wildman–Crippen LogP) is 4.64. The van der Waals surface area contributed by atoms with Gasteiger partial charge in [-0.2, -0.15) is 5.10 Å². The molecule has 2 aliphatic carbocycles. The molecule has 1 saturated carbocycles. The van der Waals surface area contributed by atoms with Gasteiger partial charge in [-0.25, -0.2) is 4.98 Å². The molecule has 0 N–H and O–H groups in total. The lowest BCUT2D eigenvalue weighted by atomic mass is 9.70. The van der Waals surface area contributed by atoms with Crippen LogP contribution in [-0.2, 0) is 5.41 Å². The molecule has 136 valence electrons. The summed E-state index contributed by atoms with van der Waals surface area (Å²) in [5, 5.41) is 9.45. The highest BCUT2D eigenvalue weighted by Crippen LogP contribution is 2.66. The van der Waals surface area contributed by atoms with Crippen LogP contribution in [0.5, 0.6) is 0 Å². The van der Waals surface area contributed by atoms with Gasteiger partial charge in [-0.05, 0) is 37.7 Å². The van der Waals surface area contributed by atoms with Crippen LogP contribution in [0.15, 0.2) is 23.4 Å². The number of carbonyl (C=O) groups excluding carboxylic acids is 1. The molecule has 1 heterocycles. The predicted molar refractivity (Wildman–Crippen MR) is 104 cm³/mol. The number of rotatable bonds is 4. The van der Waals surface area contributed by atoms with Crippen LogP contribution < -0.4 is 0 Å². The van der Waals surface area contributed by atoms with E-state index in [1.807, 2.05) is 32.0 Å². The van der Waals surface area contributed by atoms with Crippen LogP contribution in [-0.4, -0.2) is 26.7 Å². The fourth-order valence-electron chi connectivity index (χ4n) is 4.76. The Morgan fingerprint density at radius 1 is 1.23 bits per heavy atom. The van der Waals surface area contributed by atoms with Gasteiger partial charge in [0.05, 0.1) is 17.1 Å². The van der Waals surface area contributed by atoms with Crippen molar-refractivity contribution in [2.45, 2.75) is 63.9 Å². The van der Waals surface area contributed by atoms with Crippen LogP contribution in [0.4, 0.5) is 0 Å². The lowest BCUT2D eigenvalue weighted by Crippen LogP contribution is -2.32. The van der Waals surface area contributed by atoms with Gasteiger partial charge in [-0.3, -0.25) is 4.79 Å². The maximum absolute atomic E-state index is 12.6. The highest BCUT2D eigenvalue weighted by molar-refractivity contribution is 7.99. The van der Waals surface area contributed by atoms with E-state index in [1.54, 1.807) is 0 Å². The van der Waals surface area contributed by atoms with Crippen molar-refractivity contribution < 1.29 is 4.79 Å². The van der Waals surface area contributed by atoms with E-state index < -0.39 is 0 Å². The van der Waals surface area contributed by atoms with Crippen molar-refractivity contribution in [3.63, 3.8) is 0 Å². The molecule has 2 aromatic rings. The smallest absolute Gasteiger partial charge is 0.209 e. The van der Waals surface area contributed by atoms with E-state index >= 15 is 0 Å². The molecule has 5 heteroatoms. The quantitative estimate of drug-likeness (QED) is 0.582. The first-order chi connectivity index (χ1) is 12.2. The number of hydrogen-bond acceptors (Lipinski definition) is 5. The van der Waals surface area contributed by atoms with Crippen LogP contribution in [0.2, 0.25) is 0 Å². The standard InChI is InChI=1S/C21H25N3OS/c1-12-6-7-14(13(2)10-12)16(25)11-26-19-22-18-17(23-24-19)15-8-9-21(18,5)20(15,3)4/h6-7,10,15H,8-9,11H2,1-5H3/t15-,21-/m1/s1. The Morgan fingerprint density at radius 3 is 2.73 bits per heavy atom. The minimum absolute atomic E-state index is 0.0653. The monoisotopic (exact) mass is 367 g/mol. The zero-order chi connectivity index (χ0) is 18.7. The average Bonchev–Trinajstić information content (AvgIpc) is 2.92. The Labute approximate surface area is 159 Å². The minimum Gasteiger partial charge on any atom is -0.293 e.